The average Bonchev–Trinajstić information content (AvgIpc) is 3.05. The van der Waals surface area contributed by atoms with Crippen LogP contribution in [0.4, 0.5) is 13.2 Å². The quantitative estimate of drug-likeness (QED) is 0.540. The Balaban J connectivity index is 1.68. The fraction of sp³-hybridized carbons (Fsp3) is 0.550. The molecular formula is C20H26F3N5O. The standard InChI is InChI=1S/C20H26F3N5O/c1-3-24-18(25-11-8-17-27-14(2)28-29-17)26-13-19(9-5-10-19)15-6-4-7-16(12-15)20(21,22)23/h4,6-7,12H,3,5,8-11,13H2,1-2H3,(H2,24,25,26). The first-order chi connectivity index (χ1) is 13.8. The molecular weight excluding hydrogens is 383 g/mol. The Labute approximate surface area is 168 Å². The van der Waals surface area contributed by atoms with Crippen molar-refractivity contribution in [1.29, 1.82) is 0 Å². The van der Waals surface area contributed by atoms with Crippen molar-refractivity contribution in [2.24, 2.45) is 4.99 Å². The zero-order chi connectivity index (χ0) is 20.9. The summed E-state index contributed by atoms with van der Waals surface area (Å²) in [6, 6.07) is 5.65. The first kappa shape index (κ1) is 21.1. The summed E-state index contributed by atoms with van der Waals surface area (Å²) in [7, 11) is 0. The molecule has 2 N–H and O–H groups in total. The molecule has 1 aliphatic carbocycles. The highest BCUT2D eigenvalue weighted by Crippen LogP contribution is 2.45. The van der Waals surface area contributed by atoms with Gasteiger partial charge in [-0.2, -0.15) is 18.2 Å². The van der Waals surface area contributed by atoms with Gasteiger partial charge in [-0.1, -0.05) is 29.8 Å². The first-order valence-electron chi connectivity index (χ1n) is 9.81. The number of rotatable bonds is 7. The number of guanidine groups is 1. The number of aryl methyl sites for hydroxylation is 1. The van der Waals surface area contributed by atoms with Gasteiger partial charge in [0.2, 0.25) is 5.89 Å². The number of halogens is 3. The molecule has 0 spiro atoms. The molecule has 1 heterocycles. The molecule has 0 atom stereocenters. The largest absolute Gasteiger partial charge is 0.416 e. The van der Waals surface area contributed by atoms with Gasteiger partial charge >= 0.3 is 6.18 Å². The van der Waals surface area contributed by atoms with Gasteiger partial charge in [-0.05, 0) is 38.3 Å². The second kappa shape index (κ2) is 8.84. The third kappa shape index (κ3) is 5.27. The maximum Gasteiger partial charge on any atom is 0.416 e. The first-order valence-corrected chi connectivity index (χ1v) is 9.81. The van der Waals surface area contributed by atoms with Gasteiger partial charge in [-0.25, -0.2) is 0 Å². The summed E-state index contributed by atoms with van der Waals surface area (Å²) >= 11 is 0. The maximum absolute atomic E-state index is 13.1. The molecule has 0 bridgehead atoms. The fourth-order valence-corrected chi connectivity index (χ4v) is 3.47. The molecule has 1 saturated carbocycles. The van der Waals surface area contributed by atoms with Crippen molar-refractivity contribution < 1.29 is 17.7 Å². The summed E-state index contributed by atoms with van der Waals surface area (Å²) in [5.41, 5.74) is -0.239. The van der Waals surface area contributed by atoms with E-state index in [9.17, 15) is 13.2 Å². The summed E-state index contributed by atoms with van der Waals surface area (Å²) in [5, 5.41) is 10.1. The molecule has 3 rings (SSSR count). The minimum absolute atomic E-state index is 0.340. The zero-order valence-electron chi connectivity index (χ0n) is 16.6. The Kier molecular flexibility index (Phi) is 6.44. The van der Waals surface area contributed by atoms with E-state index in [1.807, 2.05) is 6.92 Å². The molecule has 0 aliphatic heterocycles. The molecule has 9 heteroatoms. The minimum Gasteiger partial charge on any atom is -0.357 e. The van der Waals surface area contributed by atoms with Crippen LogP contribution in [0, 0.1) is 6.92 Å². The van der Waals surface area contributed by atoms with Crippen molar-refractivity contribution in [3.05, 3.63) is 47.1 Å². The lowest BCUT2D eigenvalue weighted by Gasteiger charge is -2.41. The number of aromatic nitrogens is 2. The molecule has 0 amide bonds. The molecule has 1 aromatic heterocycles. The van der Waals surface area contributed by atoms with Gasteiger partial charge in [0.1, 0.15) is 0 Å². The fourth-order valence-electron chi connectivity index (χ4n) is 3.47. The van der Waals surface area contributed by atoms with Crippen LogP contribution in [-0.2, 0) is 18.0 Å². The van der Waals surface area contributed by atoms with E-state index in [0.29, 0.717) is 49.3 Å². The topological polar surface area (TPSA) is 75.3 Å². The van der Waals surface area contributed by atoms with Gasteiger partial charge in [0, 0.05) is 24.9 Å². The van der Waals surface area contributed by atoms with Crippen LogP contribution in [0.5, 0.6) is 0 Å². The lowest BCUT2D eigenvalue weighted by Crippen LogP contribution is -2.42. The summed E-state index contributed by atoms with van der Waals surface area (Å²) < 4.78 is 44.4. The van der Waals surface area contributed by atoms with Crippen LogP contribution in [0.1, 0.15) is 49.0 Å². The monoisotopic (exact) mass is 409 g/mol. The highest BCUT2D eigenvalue weighted by Gasteiger charge is 2.40. The van der Waals surface area contributed by atoms with E-state index in [1.54, 1.807) is 13.0 Å². The van der Waals surface area contributed by atoms with Crippen LogP contribution in [0.25, 0.3) is 0 Å². The lowest BCUT2D eigenvalue weighted by atomic mass is 9.64. The molecule has 1 fully saturated rings. The molecule has 0 saturated heterocycles. The highest BCUT2D eigenvalue weighted by atomic mass is 19.4. The number of hydrogen-bond acceptors (Lipinski definition) is 4. The van der Waals surface area contributed by atoms with Crippen LogP contribution in [0.2, 0.25) is 0 Å². The van der Waals surface area contributed by atoms with Crippen molar-refractivity contribution in [2.45, 2.75) is 51.1 Å². The normalized spacial score (nSPS) is 16.4. The van der Waals surface area contributed by atoms with Crippen molar-refractivity contribution in [3.63, 3.8) is 0 Å². The summed E-state index contributed by atoms with van der Waals surface area (Å²) in [5.74, 6) is 1.76. The molecule has 0 radical (unpaired) electrons. The Morgan fingerprint density at radius 2 is 2.07 bits per heavy atom. The number of benzene rings is 1. The molecule has 29 heavy (non-hydrogen) atoms. The summed E-state index contributed by atoms with van der Waals surface area (Å²) in [4.78, 5) is 8.82. The molecule has 1 aliphatic rings. The van der Waals surface area contributed by atoms with E-state index in [-0.39, 0.29) is 5.41 Å². The molecule has 6 nitrogen and oxygen atoms in total. The van der Waals surface area contributed by atoms with E-state index >= 15 is 0 Å². The number of nitrogens with zero attached hydrogens (tertiary/aromatic N) is 3. The maximum atomic E-state index is 13.1. The predicted octanol–water partition coefficient (Wildman–Crippen LogP) is 3.62. The Bertz CT molecular complexity index is 843. The van der Waals surface area contributed by atoms with Crippen molar-refractivity contribution in [2.75, 3.05) is 19.6 Å². The Hall–Kier alpha value is -2.58. The summed E-state index contributed by atoms with van der Waals surface area (Å²) in [6.45, 7) is 5.40. The van der Waals surface area contributed by atoms with Crippen molar-refractivity contribution in [1.82, 2.24) is 20.8 Å². The van der Waals surface area contributed by atoms with Gasteiger partial charge in [-0.3, -0.25) is 4.99 Å². The van der Waals surface area contributed by atoms with Gasteiger partial charge in [0.15, 0.2) is 11.8 Å². The van der Waals surface area contributed by atoms with Crippen LogP contribution in [-0.4, -0.2) is 35.7 Å². The predicted molar refractivity (Wildman–Crippen MR) is 104 cm³/mol. The van der Waals surface area contributed by atoms with Crippen molar-refractivity contribution >= 4 is 5.96 Å². The molecule has 1 aromatic carbocycles. The minimum atomic E-state index is -4.34. The SMILES string of the molecule is CCNC(=NCC1(c2cccc(C(F)(F)F)c2)CCC1)NCCc1nc(C)no1. The van der Waals surface area contributed by atoms with E-state index in [2.05, 4.69) is 25.8 Å². The zero-order valence-corrected chi connectivity index (χ0v) is 16.6. The number of nitrogens with one attached hydrogen (secondary N) is 2. The van der Waals surface area contributed by atoms with E-state index in [1.165, 1.54) is 12.1 Å². The van der Waals surface area contributed by atoms with Gasteiger partial charge in [0.25, 0.3) is 0 Å². The van der Waals surface area contributed by atoms with Crippen molar-refractivity contribution in [3.8, 4) is 0 Å². The number of hydrogen-bond donors (Lipinski definition) is 2. The molecule has 0 unspecified atom stereocenters. The lowest BCUT2D eigenvalue weighted by molar-refractivity contribution is -0.137. The molecule has 158 valence electrons. The summed E-state index contributed by atoms with van der Waals surface area (Å²) in [6.07, 6.45) is -1.12. The smallest absolute Gasteiger partial charge is 0.357 e. The van der Waals surface area contributed by atoms with Crippen LogP contribution < -0.4 is 10.6 Å². The number of alkyl halides is 3. The number of aliphatic imine (C=N–C) groups is 1. The Morgan fingerprint density at radius 3 is 2.66 bits per heavy atom. The third-order valence-electron chi connectivity index (χ3n) is 5.20. The molecule has 2 aromatic rings. The van der Waals surface area contributed by atoms with Crippen LogP contribution in [0.15, 0.2) is 33.8 Å². The highest BCUT2D eigenvalue weighted by molar-refractivity contribution is 5.79. The van der Waals surface area contributed by atoms with Gasteiger partial charge in [-0.15, -0.1) is 0 Å². The third-order valence-corrected chi connectivity index (χ3v) is 5.20. The van der Waals surface area contributed by atoms with E-state index in [4.69, 9.17) is 4.52 Å². The van der Waals surface area contributed by atoms with E-state index < -0.39 is 11.7 Å². The van der Waals surface area contributed by atoms with Crippen LogP contribution in [0.3, 0.4) is 0 Å². The van der Waals surface area contributed by atoms with Gasteiger partial charge < -0.3 is 15.2 Å². The second-order valence-electron chi connectivity index (χ2n) is 7.32. The second-order valence-corrected chi connectivity index (χ2v) is 7.32. The average molecular weight is 409 g/mol. The van der Waals surface area contributed by atoms with Gasteiger partial charge in [0.05, 0.1) is 12.1 Å². The Morgan fingerprint density at radius 1 is 1.28 bits per heavy atom. The van der Waals surface area contributed by atoms with E-state index in [0.717, 1.165) is 25.3 Å². The van der Waals surface area contributed by atoms with Crippen LogP contribution >= 0.6 is 0 Å².